The number of nitrogens with one attached hydrogen (secondary N) is 2. The monoisotopic (exact) mass is 449 g/mol. The fourth-order valence-corrected chi connectivity index (χ4v) is 4.60. The molecular weight excluding hydrogens is 418 g/mol. The summed E-state index contributed by atoms with van der Waals surface area (Å²) in [6.07, 6.45) is 3.13. The number of ether oxygens (including phenoxy) is 1. The third-order valence-corrected chi connectivity index (χ3v) is 6.42. The molecule has 1 aliphatic rings. The Hall–Kier alpha value is -2.70. The first-order chi connectivity index (χ1) is 15.5. The number of fused-ring (bicyclic) bond motifs is 1. The standard InChI is InChI=1S/C26H31N3O2S/c1-18-13-19(2)23-15-21(25(30)28-24(23)14-18)16-29(17-22-9-6-12-31-22)26(32)27-11-10-20-7-4-3-5-8-20/h3-5,7-8,13-15,22H,6,9-12,16-17H2,1-2H3,(H,27,32)(H,28,30)/t22-/m0/s1. The Morgan fingerprint density at radius 1 is 1.22 bits per heavy atom. The Morgan fingerprint density at radius 3 is 2.78 bits per heavy atom. The molecular formula is C26H31N3O2S. The number of aryl methyl sites for hydroxylation is 2. The second kappa shape index (κ2) is 10.3. The number of H-pyrrole nitrogens is 1. The number of aromatic amines is 1. The predicted molar refractivity (Wildman–Crippen MR) is 134 cm³/mol. The van der Waals surface area contributed by atoms with Crippen LogP contribution in [0.25, 0.3) is 10.9 Å². The summed E-state index contributed by atoms with van der Waals surface area (Å²) in [6.45, 7) is 6.80. The molecule has 1 fully saturated rings. The normalized spacial score (nSPS) is 15.8. The van der Waals surface area contributed by atoms with Crippen LogP contribution < -0.4 is 10.9 Å². The van der Waals surface area contributed by atoms with Crippen LogP contribution in [-0.2, 0) is 17.7 Å². The van der Waals surface area contributed by atoms with E-state index in [1.165, 1.54) is 5.56 Å². The van der Waals surface area contributed by atoms with Crippen molar-refractivity contribution in [3.63, 3.8) is 0 Å². The molecule has 1 saturated heterocycles. The molecule has 1 aromatic heterocycles. The lowest BCUT2D eigenvalue weighted by atomic mass is 10.0. The van der Waals surface area contributed by atoms with Gasteiger partial charge in [0.15, 0.2) is 5.11 Å². The SMILES string of the molecule is Cc1cc(C)c2cc(CN(C[C@@H]3CCCO3)C(=S)NCCc3ccccc3)c(=O)[nH]c2c1. The van der Waals surface area contributed by atoms with E-state index in [2.05, 4.69) is 40.3 Å². The summed E-state index contributed by atoms with van der Waals surface area (Å²) in [7, 11) is 0. The first-order valence-electron chi connectivity index (χ1n) is 11.3. The smallest absolute Gasteiger partial charge is 0.253 e. The summed E-state index contributed by atoms with van der Waals surface area (Å²) in [5.41, 5.74) is 5.10. The fourth-order valence-electron chi connectivity index (χ4n) is 4.36. The molecule has 0 spiro atoms. The van der Waals surface area contributed by atoms with Crippen LogP contribution in [0.15, 0.2) is 53.3 Å². The summed E-state index contributed by atoms with van der Waals surface area (Å²) >= 11 is 5.75. The molecule has 2 heterocycles. The molecule has 32 heavy (non-hydrogen) atoms. The highest BCUT2D eigenvalue weighted by atomic mass is 32.1. The van der Waals surface area contributed by atoms with E-state index in [9.17, 15) is 4.79 Å². The van der Waals surface area contributed by atoms with Gasteiger partial charge >= 0.3 is 0 Å². The van der Waals surface area contributed by atoms with Crippen LogP contribution in [0.2, 0.25) is 0 Å². The fraction of sp³-hybridized carbons (Fsp3) is 0.385. The van der Waals surface area contributed by atoms with Crippen LogP contribution in [0.4, 0.5) is 0 Å². The lowest BCUT2D eigenvalue weighted by molar-refractivity contribution is 0.0897. The molecule has 0 amide bonds. The molecule has 6 heteroatoms. The lowest BCUT2D eigenvalue weighted by Gasteiger charge is -2.28. The van der Waals surface area contributed by atoms with Crippen molar-refractivity contribution in [3.8, 4) is 0 Å². The zero-order valence-corrected chi connectivity index (χ0v) is 19.6. The van der Waals surface area contributed by atoms with Crippen molar-refractivity contribution in [1.82, 2.24) is 15.2 Å². The van der Waals surface area contributed by atoms with E-state index < -0.39 is 0 Å². The average Bonchev–Trinajstić information content (AvgIpc) is 3.28. The third kappa shape index (κ3) is 5.56. The maximum Gasteiger partial charge on any atom is 0.253 e. The molecule has 168 valence electrons. The minimum atomic E-state index is -0.0630. The van der Waals surface area contributed by atoms with E-state index in [4.69, 9.17) is 17.0 Å². The number of rotatable bonds is 7. The molecule has 4 rings (SSSR count). The molecule has 0 radical (unpaired) electrons. The second-order valence-corrected chi connectivity index (χ2v) is 9.04. The van der Waals surface area contributed by atoms with Crippen molar-refractivity contribution in [3.05, 3.63) is 81.1 Å². The minimum absolute atomic E-state index is 0.0630. The summed E-state index contributed by atoms with van der Waals surface area (Å²) in [5.74, 6) is 0. The van der Waals surface area contributed by atoms with Crippen LogP contribution in [0.3, 0.4) is 0 Å². The zero-order valence-electron chi connectivity index (χ0n) is 18.8. The van der Waals surface area contributed by atoms with Gasteiger partial charge in [-0.2, -0.15) is 0 Å². The number of hydrogen-bond donors (Lipinski definition) is 2. The Balaban J connectivity index is 1.51. The Kier molecular flexibility index (Phi) is 7.22. The highest BCUT2D eigenvalue weighted by Gasteiger charge is 2.22. The number of benzene rings is 2. The first-order valence-corrected chi connectivity index (χ1v) is 11.7. The minimum Gasteiger partial charge on any atom is -0.376 e. The maximum atomic E-state index is 12.9. The highest BCUT2D eigenvalue weighted by Crippen LogP contribution is 2.20. The number of thiocarbonyl (C=S) groups is 1. The average molecular weight is 450 g/mol. The summed E-state index contributed by atoms with van der Waals surface area (Å²) in [4.78, 5) is 18.0. The van der Waals surface area contributed by atoms with Gasteiger partial charge in [0.2, 0.25) is 0 Å². The van der Waals surface area contributed by atoms with Gasteiger partial charge in [0.25, 0.3) is 5.56 Å². The Morgan fingerprint density at radius 2 is 2.03 bits per heavy atom. The predicted octanol–water partition coefficient (Wildman–Crippen LogP) is 4.24. The first kappa shape index (κ1) is 22.5. The topological polar surface area (TPSA) is 57.4 Å². The molecule has 1 aliphatic heterocycles. The molecule has 0 aliphatic carbocycles. The van der Waals surface area contributed by atoms with E-state index in [0.29, 0.717) is 18.2 Å². The van der Waals surface area contributed by atoms with Gasteiger partial charge in [0, 0.05) is 36.2 Å². The molecule has 5 nitrogen and oxygen atoms in total. The Bertz CT molecular complexity index is 1140. The van der Waals surface area contributed by atoms with Gasteiger partial charge in [-0.25, -0.2) is 0 Å². The lowest BCUT2D eigenvalue weighted by Crippen LogP contribution is -2.44. The highest BCUT2D eigenvalue weighted by molar-refractivity contribution is 7.80. The van der Waals surface area contributed by atoms with Crippen molar-refractivity contribution < 1.29 is 4.74 Å². The summed E-state index contributed by atoms with van der Waals surface area (Å²) in [6, 6.07) is 16.5. The molecule has 0 bridgehead atoms. The van der Waals surface area contributed by atoms with E-state index in [1.54, 1.807) is 0 Å². The summed E-state index contributed by atoms with van der Waals surface area (Å²) < 4.78 is 5.86. The zero-order chi connectivity index (χ0) is 22.5. The van der Waals surface area contributed by atoms with Crippen LogP contribution >= 0.6 is 12.2 Å². The molecule has 2 aromatic carbocycles. The van der Waals surface area contributed by atoms with Gasteiger partial charge in [-0.05, 0) is 74.2 Å². The van der Waals surface area contributed by atoms with E-state index in [1.807, 2.05) is 37.3 Å². The van der Waals surface area contributed by atoms with Gasteiger partial charge in [-0.15, -0.1) is 0 Å². The molecule has 3 aromatic rings. The molecule has 0 unspecified atom stereocenters. The van der Waals surface area contributed by atoms with Crippen molar-refractivity contribution >= 4 is 28.2 Å². The molecule has 1 atom stereocenters. The van der Waals surface area contributed by atoms with E-state index >= 15 is 0 Å². The largest absolute Gasteiger partial charge is 0.376 e. The Labute approximate surface area is 194 Å². The van der Waals surface area contributed by atoms with Gasteiger partial charge < -0.3 is 19.9 Å². The molecule has 0 saturated carbocycles. The number of aromatic nitrogens is 1. The number of pyridine rings is 1. The van der Waals surface area contributed by atoms with E-state index in [-0.39, 0.29) is 11.7 Å². The maximum absolute atomic E-state index is 12.9. The van der Waals surface area contributed by atoms with E-state index in [0.717, 1.165) is 60.0 Å². The molecule has 2 N–H and O–H groups in total. The van der Waals surface area contributed by atoms with Crippen molar-refractivity contribution in [2.24, 2.45) is 0 Å². The van der Waals surface area contributed by atoms with Crippen LogP contribution in [0, 0.1) is 13.8 Å². The van der Waals surface area contributed by atoms with Gasteiger partial charge in [0.1, 0.15) is 0 Å². The van der Waals surface area contributed by atoms with Crippen molar-refractivity contribution in [2.75, 3.05) is 19.7 Å². The van der Waals surface area contributed by atoms with Crippen LogP contribution in [0.5, 0.6) is 0 Å². The third-order valence-electron chi connectivity index (χ3n) is 6.02. The quantitative estimate of drug-likeness (QED) is 0.529. The van der Waals surface area contributed by atoms with Crippen LogP contribution in [0.1, 0.15) is 35.1 Å². The van der Waals surface area contributed by atoms with Crippen LogP contribution in [-0.4, -0.2) is 40.8 Å². The van der Waals surface area contributed by atoms with Crippen molar-refractivity contribution in [1.29, 1.82) is 0 Å². The van der Waals surface area contributed by atoms with Gasteiger partial charge in [-0.1, -0.05) is 36.4 Å². The number of hydrogen-bond acceptors (Lipinski definition) is 3. The van der Waals surface area contributed by atoms with Gasteiger partial charge in [0.05, 0.1) is 12.6 Å². The van der Waals surface area contributed by atoms with Crippen molar-refractivity contribution in [2.45, 2.75) is 45.8 Å². The second-order valence-electron chi connectivity index (χ2n) is 8.65. The number of nitrogens with zero attached hydrogens (tertiary/aromatic N) is 1. The van der Waals surface area contributed by atoms with Gasteiger partial charge in [-0.3, -0.25) is 4.79 Å². The summed E-state index contributed by atoms with van der Waals surface area (Å²) in [5, 5.41) is 5.13.